The summed E-state index contributed by atoms with van der Waals surface area (Å²) >= 11 is 0. The Hall–Kier alpha value is -0.830. The number of epoxide rings is 1. The number of rotatable bonds is 3. The highest BCUT2D eigenvalue weighted by molar-refractivity contribution is 5.65. The molecule has 3 nitrogen and oxygen atoms in total. The molecule has 1 saturated heterocycles. The molecule has 0 spiro atoms. The van der Waals surface area contributed by atoms with Crippen molar-refractivity contribution in [3.05, 3.63) is 12.7 Å². The van der Waals surface area contributed by atoms with Crippen molar-refractivity contribution < 1.29 is 14.3 Å². The van der Waals surface area contributed by atoms with Crippen LogP contribution in [0.3, 0.4) is 0 Å². The van der Waals surface area contributed by atoms with Crippen LogP contribution in [0.5, 0.6) is 0 Å². The van der Waals surface area contributed by atoms with E-state index in [2.05, 4.69) is 11.3 Å². The molecule has 0 amide bonds. The molecule has 0 aromatic heterocycles. The normalized spacial score (nSPS) is 29.3. The number of esters is 1. The molecule has 10 heavy (non-hydrogen) atoms. The molecular weight excluding hydrogens is 132 g/mol. The first kappa shape index (κ1) is 7.28. The molecule has 0 bridgehead atoms. The Bertz CT molecular complexity index is 153. The minimum Gasteiger partial charge on any atom is -0.463 e. The van der Waals surface area contributed by atoms with Crippen LogP contribution in [0, 0.1) is 0 Å². The van der Waals surface area contributed by atoms with Crippen molar-refractivity contribution in [2.45, 2.75) is 19.1 Å². The molecule has 2 unspecified atom stereocenters. The molecule has 1 aliphatic heterocycles. The second kappa shape index (κ2) is 2.84. The lowest BCUT2D eigenvalue weighted by Crippen LogP contribution is -2.07. The van der Waals surface area contributed by atoms with Gasteiger partial charge >= 0.3 is 5.97 Å². The van der Waals surface area contributed by atoms with Crippen molar-refractivity contribution >= 4 is 5.97 Å². The Morgan fingerprint density at radius 1 is 1.90 bits per heavy atom. The average molecular weight is 142 g/mol. The summed E-state index contributed by atoms with van der Waals surface area (Å²) in [6.45, 7) is 5.27. The molecule has 2 atom stereocenters. The third-order valence-corrected chi connectivity index (χ3v) is 1.30. The van der Waals surface area contributed by atoms with E-state index >= 15 is 0 Å². The summed E-state index contributed by atoms with van der Waals surface area (Å²) in [5, 5.41) is 0. The Morgan fingerprint density at radius 3 is 3.00 bits per heavy atom. The molecular formula is C7H10O3. The summed E-state index contributed by atoms with van der Waals surface area (Å²) in [6, 6.07) is 0. The summed E-state index contributed by atoms with van der Waals surface area (Å²) < 4.78 is 9.71. The van der Waals surface area contributed by atoms with Gasteiger partial charge in [0, 0.05) is 6.92 Å². The van der Waals surface area contributed by atoms with Crippen molar-refractivity contribution in [2.75, 3.05) is 6.61 Å². The second-order valence-electron chi connectivity index (χ2n) is 2.18. The zero-order chi connectivity index (χ0) is 7.56. The molecule has 1 rings (SSSR count). The van der Waals surface area contributed by atoms with E-state index in [0.717, 1.165) is 0 Å². The Kier molecular flexibility index (Phi) is 2.06. The predicted octanol–water partition coefficient (Wildman–Crippen LogP) is 0.503. The fraction of sp³-hybridized carbons (Fsp3) is 0.571. The molecule has 1 heterocycles. The summed E-state index contributed by atoms with van der Waals surface area (Å²) in [5.41, 5.74) is 0. The molecule has 0 aliphatic carbocycles. The molecule has 1 fully saturated rings. The van der Waals surface area contributed by atoms with Crippen LogP contribution in [0.1, 0.15) is 6.92 Å². The lowest BCUT2D eigenvalue weighted by atomic mass is 10.3. The standard InChI is InChI=1S/C7H10O3/c1-3-6-7(10-6)4-9-5(2)8/h3,6-7H,1,4H2,2H3. The van der Waals surface area contributed by atoms with E-state index in [1.54, 1.807) is 6.08 Å². The third kappa shape index (κ3) is 1.84. The quantitative estimate of drug-likeness (QED) is 0.327. The summed E-state index contributed by atoms with van der Waals surface area (Å²) in [5.74, 6) is -0.265. The van der Waals surface area contributed by atoms with Gasteiger partial charge < -0.3 is 9.47 Å². The Morgan fingerprint density at radius 2 is 2.60 bits per heavy atom. The number of hydrogen-bond acceptors (Lipinski definition) is 3. The van der Waals surface area contributed by atoms with Crippen LogP contribution >= 0.6 is 0 Å². The maximum Gasteiger partial charge on any atom is 0.302 e. The molecule has 1 aliphatic rings. The van der Waals surface area contributed by atoms with E-state index < -0.39 is 0 Å². The molecule has 0 radical (unpaired) electrons. The Labute approximate surface area is 59.6 Å². The van der Waals surface area contributed by atoms with Crippen LogP contribution in [-0.2, 0) is 14.3 Å². The van der Waals surface area contributed by atoms with E-state index in [4.69, 9.17) is 4.74 Å². The lowest BCUT2D eigenvalue weighted by molar-refractivity contribution is -0.141. The van der Waals surface area contributed by atoms with E-state index in [-0.39, 0.29) is 18.2 Å². The first-order valence-corrected chi connectivity index (χ1v) is 3.15. The smallest absolute Gasteiger partial charge is 0.302 e. The van der Waals surface area contributed by atoms with Gasteiger partial charge in [-0.3, -0.25) is 4.79 Å². The molecule has 0 saturated carbocycles. The number of hydrogen-bond donors (Lipinski definition) is 0. The van der Waals surface area contributed by atoms with Crippen LogP contribution in [0.15, 0.2) is 12.7 Å². The van der Waals surface area contributed by atoms with Crippen molar-refractivity contribution in [3.63, 3.8) is 0 Å². The Balaban J connectivity index is 2.07. The molecule has 3 heteroatoms. The highest BCUT2D eigenvalue weighted by Crippen LogP contribution is 2.22. The third-order valence-electron chi connectivity index (χ3n) is 1.30. The summed E-state index contributed by atoms with van der Waals surface area (Å²) in [6.07, 6.45) is 1.86. The van der Waals surface area contributed by atoms with Gasteiger partial charge in [-0.15, -0.1) is 6.58 Å². The van der Waals surface area contributed by atoms with E-state index in [1.807, 2.05) is 0 Å². The topological polar surface area (TPSA) is 38.8 Å². The van der Waals surface area contributed by atoms with Gasteiger partial charge in [0.15, 0.2) is 0 Å². The predicted molar refractivity (Wildman–Crippen MR) is 35.5 cm³/mol. The number of carbonyl (C=O) groups is 1. The van der Waals surface area contributed by atoms with Crippen molar-refractivity contribution in [2.24, 2.45) is 0 Å². The van der Waals surface area contributed by atoms with E-state index in [9.17, 15) is 4.79 Å². The fourth-order valence-corrected chi connectivity index (χ4v) is 0.697. The SMILES string of the molecule is C=CC1OC1COC(C)=O. The summed E-state index contributed by atoms with van der Waals surface area (Å²) in [7, 11) is 0. The average Bonchev–Trinajstić information content (AvgIpc) is 2.61. The first-order valence-electron chi connectivity index (χ1n) is 3.15. The summed E-state index contributed by atoms with van der Waals surface area (Å²) in [4.78, 5) is 10.3. The van der Waals surface area contributed by atoms with Gasteiger partial charge in [-0.25, -0.2) is 0 Å². The monoisotopic (exact) mass is 142 g/mol. The van der Waals surface area contributed by atoms with Gasteiger partial charge in [0.25, 0.3) is 0 Å². The van der Waals surface area contributed by atoms with Crippen LogP contribution in [0.2, 0.25) is 0 Å². The zero-order valence-corrected chi connectivity index (χ0v) is 5.87. The van der Waals surface area contributed by atoms with Gasteiger partial charge in [0.1, 0.15) is 18.8 Å². The van der Waals surface area contributed by atoms with E-state index in [0.29, 0.717) is 6.61 Å². The van der Waals surface area contributed by atoms with Crippen molar-refractivity contribution in [3.8, 4) is 0 Å². The van der Waals surface area contributed by atoms with Gasteiger partial charge in [0.05, 0.1) is 0 Å². The first-order chi connectivity index (χ1) is 4.74. The molecule has 0 N–H and O–H groups in total. The molecule has 56 valence electrons. The minimum atomic E-state index is -0.265. The number of carbonyl (C=O) groups excluding carboxylic acids is 1. The van der Waals surface area contributed by atoms with Gasteiger partial charge in [0.2, 0.25) is 0 Å². The highest BCUT2D eigenvalue weighted by atomic mass is 16.6. The fourth-order valence-electron chi connectivity index (χ4n) is 0.697. The largest absolute Gasteiger partial charge is 0.463 e. The van der Waals surface area contributed by atoms with Gasteiger partial charge in [-0.2, -0.15) is 0 Å². The van der Waals surface area contributed by atoms with Gasteiger partial charge in [-0.05, 0) is 0 Å². The van der Waals surface area contributed by atoms with Crippen molar-refractivity contribution in [1.82, 2.24) is 0 Å². The van der Waals surface area contributed by atoms with Crippen molar-refractivity contribution in [1.29, 1.82) is 0 Å². The van der Waals surface area contributed by atoms with Crippen LogP contribution < -0.4 is 0 Å². The van der Waals surface area contributed by atoms with Crippen LogP contribution in [0.25, 0.3) is 0 Å². The second-order valence-corrected chi connectivity index (χ2v) is 2.18. The lowest BCUT2D eigenvalue weighted by Gasteiger charge is -1.94. The maximum absolute atomic E-state index is 10.3. The molecule has 0 aromatic rings. The molecule has 0 aromatic carbocycles. The highest BCUT2D eigenvalue weighted by Gasteiger charge is 2.36. The van der Waals surface area contributed by atoms with E-state index in [1.165, 1.54) is 6.92 Å². The number of ether oxygens (including phenoxy) is 2. The van der Waals surface area contributed by atoms with Crippen LogP contribution in [0.4, 0.5) is 0 Å². The zero-order valence-electron chi connectivity index (χ0n) is 5.87. The maximum atomic E-state index is 10.3. The minimum absolute atomic E-state index is 0.0569. The van der Waals surface area contributed by atoms with Gasteiger partial charge in [-0.1, -0.05) is 6.08 Å². The van der Waals surface area contributed by atoms with Crippen LogP contribution in [-0.4, -0.2) is 24.8 Å².